The van der Waals surface area contributed by atoms with Crippen molar-refractivity contribution in [3.8, 4) is 5.88 Å². The highest BCUT2D eigenvalue weighted by atomic mass is 32.1. The first-order chi connectivity index (χ1) is 12.3. The molecule has 0 fully saturated rings. The van der Waals surface area contributed by atoms with Gasteiger partial charge in [0.15, 0.2) is 0 Å². The van der Waals surface area contributed by atoms with Crippen LogP contribution in [-0.4, -0.2) is 22.5 Å². The first kappa shape index (κ1) is 18.1. The van der Waals surface area contributed by atoms with Gasteiger partial charge in [0.05, 0.1) is 22.4 Å². The normalized spacial score (nSPS) is 11.6. The van der Waals surface area contributed by atoms with Crippen molar-refractivity contribution in [3.63, 3.8) is 0 Å². The van der Waals surface area contributed by atoms with E-state index in [0.29, 0.717) is 33.1 Å². The van der Waals surface area contributed by atoms with Crippen LogP contribution in [0.25, 0.3) is 10.2 Å². The fraction of sp³-hybridized carbons (Fsp3) is 0.235. The summed E-state index contributed by atoms with van der Waals surface area (Å²) in [6, 6.07) is 4.28. The summed E-state index contributed by atoms with van der Waals surface area (Å²) in [5, 5.41) is 3.27. The number of hydrogen-bond donors (Lipinski definition) is 1. The molecular formula is C17H14F3N3O2S. The van der Waals surface area contributed by atoms with E-state index in [9.17, 15) is 18.0 Å². The maximum atomic E-state index is 12.6. The van der Waals surface area contributed by atoms with Crippen LogP contribution in [0.5, 0.6) is 5.88 Å². The minimum absolute atomic E-state index is 0.274. The number of anilines is 1. The van der Waals surface area contributed by atoms with Gasteiger partial charge in [0, 0.05) is 5.69 Å². The number of alkyl halides is 3. The van der Waals surface area contributed by atoms with Crippen molar-refractivity contribution in [2.45, 2.75) is 20.0 Å². The molecule has 0 spiro atoms. The molecule has 0 unspecified atom stereocenters. The van der Waals surface area contributed by atoms with Crippen LogP contribution in [0.1, 0.15) is 27.7 Å². The van der Waals surface area contributed by atoms with Crippen LogP contribution in [0.4, 0.5) is 18.9 Å². The van der Waals surface area contributed by atoms with Crippen LogP contribution in [0.15, 0.2) is 30.6 Å². The van der Waals surface area contributed by atoms with Gasteiger partial charge < -0.3 is 10.1 Å². The molecule has 136 valence electrons. The van der Waals surface area contributed by atoms with E-state index in [1.54, 1.807) is 6.92 Å². The van der Waals surface area contributed by atoms with Gasteiger partial charge in [0.25, 0.3) is 5.91 Å². The third-order valence-corrected chi connectivity index (χ3v) is 4.85. The molecule has 0 atom stereocenters. The molecule has 0 aliphatic rings. The lowest BCUT2D eigenvalue weighted by Gasteiger charge is -2.08. The zero-order chi connectivity index (χ0) is 18.9. The largest absolute Gasteiger partial charge is 0.477 e. The summed E-state index contributed by atoms with van der Waals surface area (Å²) < 4.78 is 43.3. The van der Waals surface area contributed by atoms with Gasteiger partial charge in [0.1, 0.15) is 11.2 Å². The maximum Gasteiger partial charge on any atom is 0.416 e. The van der Waals surface area contributed by atoms with Crippen LogP contribution in [-0.2, 0) is 6.18 Å². The number of hydrogen-bond acceptors (Lipinski definition) is 5. The van der Waals surface area contributed by atoms with Gasteiger partial charge in [-0.05, 0) is 43.7 Å². The maximum absolute atomic E-state index is 12.6. The minimum Gasteiger partial charge on any atom is -0.477 e. The number of fused-ring (bicyclic) bond motifs is 1. The van der Waals surface area contributed by atoms with Gasteiger partial charge in [0.2, 0.25) is 5.88 Å². The number of thiophene rings is 1. The Bertz CT molecular complexity index is 952. The molecule has 2 aromatic heterocycles. The molecule has 2 heterocycles. The number of amides is 1. The smallest absolute Gasteiger partial charge is 0.416 e. The van der Waals surface area contributed by atoms with Crippen LogP contribution >= 0.6 is 11.3 Å². The molecule has 26 heavy (non-hydrogen) atoms. The van der Waals surface area contributed by atoms with E-state index in [1.165, 1.54) is 29.8 Å². The van der Waals surface area contributed by atoms with Crippen LogP contribution < -0.4 is 10.1 Å². The van der Waals surface area contributed by atoms with Crippen LogP contribution in [0.3, 0.4) is 0 Å². The molecule has 9 heteroatoms. The first-order valence-corrected chi connectivity index (χ1v) is 8.48. The highest BCUT2D eigenvalue weighted by Crippen LogP contribution is 2.35. The first-order valence-electron chi connectivity index (χ1n) is 7.66. The number of rotatable bonds is 4. The number of aryl methyl sites for hydroxylation is 1. The molecule has 0 saturated heterocycles. The summed E-state index contributed by atoms with van der Waals surface area (Å²) in [5.41, 5.74) is 0.166. The standard InChI is InChI=1S/C17H14F3N3O2S/c1-3-25-15-12-9(2)13(26-16(12)22-8-21-15)14(24)23-11-6-4-10(5-7-11)17(18,19)20/h4-8H,3H2,1-2H3,(H,23,24). The van der Waals surface area contributed by atoms with Crippen molar-refractivity contribution in [1.82, 2.24) is 9.97 Å². The quantitative estimate of drug-likeness (QED) is 0.713. The average Bonchev–Trinajstić information content (AvgIpc) is 2.93. The van der Waals surface area contributed by atoms with Crippen LogP contribution in [0, 0.1) is 6.92 Å². The van der Waals surface area contributed by atoms with Gasteiger partial charge in [-0.2, -0.15) is 13.2 Å². The second-order valence-electron chi connectivity index (χ2n) is 5.38. The topological polar surface area (TPSA) is 64.1 Å². The predicted molar refractivity (Wildman–Crippen MR) is 92.7 cm³/mol. The van der Waals surface area contributed by atoms with E-state index in [2.05, 4.69) is 15.3 Å². The molecule has 0 aliphatic heterocycles. The number of benzene rings is 1. The summed E-state index contributed by atoms with van der Waals surface area (Å²) in [4.78, 5) is 21.8. The van der Waals surface area contributed by atoms with Gasteiger partial charge >= 0.3 is 6.18 Å². The molecular weight excluding hydrogens is 367 g/mol. The molecule has 1 N–H and O–H groups in total. The molecule has 0 radical (unpaired) electrons. The monoisotopic (exact) mass is 381 g/mol. The van der Waals surface area contributed by atoms with Crippen molar-refractivity contribution >= 4 is 33.1 Å². The summed E-state index contributed by atoms with van der Waals surface area (Å²) in [5.74, 6) is -0.0208. The second kappa shape index (κ2) is 6.91. The fourth-order valence-electron chi connectivity index (χ4n) is 2.43. The molecule has 0 bridgehead atoms. The zero-order valence-corrected chi connectivity index (χ0v) is 14.7. The molecule has 1 aromatic carbocycles. The number of halogens is 3. The summed E-state index contributed by atoms with van der Waals surface area (Å²) >= 11 is 1.18. The zero-order valence-electron chi connectivity index (χ0n) is 13.8. The average molecular weight is 381 g/mol. The lowest BCUT2D eigenvalue weighted by atomic mass is 10.2. The van der Waals surface area contributed by atoms with E-state index in [-0.39, 0.29) is 5.69 Å². The van der Waals surface area contributed by atoms with Gasteiger partial charge in [-0.25, -0.2) is 9.97 Å². The summed E-state index contributed by atoms with van der Waals surface area (Å²) in [6.07, 6.45) is -3.06. The third kappa shape index (κ3) is 3.48. The highest BCUT2D eigenvalue weighted by Gasteiger charge is 2.30. The fourth-order valence-corrected chi connectivity index (χ4v) is 3.47. The summed E-state index contributed by atoms with van der Waals surface area (Å²) in [7, 11) is 0. The number of carbonyl (C=O) groups excluding carboxylic acids is 1. The van der Waals surface area contributed by atoms with Gasteiger partial charge in [-0.1, -0.05) is 0 Å². The van der Waals surface area contributed by atoms with E-state index in [1.807, 2.05) is 6.92 Å². The highest BCUT2D eigenvalue weighted by molar-refractivity contribution is 7.20. The molecule has 0 saturated carbocycles. The van der Waals surface area contributed by atoms with Gasteiger partial charge in [-0.3, -0.25) is 4.79 Å². The number of aromatic nitrogens is 2. The molecule has 3 rings (SSSR count). The number of carbonyl (C=O) groups is 1. The molecule has 5 nitrogen and oxygen atoms in total. The van der Waals surface area contributed by atoms with E-state index < -0.39 is 17.6 Å². The molecule has 1 amide bonds. The Morgan fingerprint density at radius 1 is 1.23 bits per heavy atom. The van der Waals surface area contributed by atoms with E-state index in [4.69, 9.17) is 4.74 Å². The lowest BCUT2D eigenvalue weighted by Crippen LogP contribution is -2.12. The van der Waals surface area contributed by atoms with Gasteiger partial charge in [-0.15, -0.1) is 11.3 Å². The minimum atomic E-state index is -4.42. The predicted octanol–water partition coefficient (Wildman–Crippen LogP) is 4.67. The molecule has 0 aliphatic carbocycles. The Labute approximate surface area is 150 Å². The Morgan fingerprint density at radius 2 is 1.92 bits per heavy atom. The third-order valence-electron chi connectivity index (χ3n) is 3.65. The number of ether oxygens (including phenoxy) is 1. The van der Waals surface area contributed by atoms with Crippen LogP contribution in [0.2, 0.25) is 0 Å². The molecule has 3 aromatic rings. The lowest BCUT2D eigenvalue weighted by molar-refractivity contribution is -0.137. The Kier molecular flexibility index (Phi) is 4.82. The Morgan fingerprint density at radius 3 is 2.54 bits per heavy atom. The van der Waals surface area contributed by atoms with Crippen molar-refractivity contribution in [3.05, 3.63) is 46.6 Å². The Hall–Kier alpha value is -2.68. The SMILES string of the molecule is CCOc1ncnc2sc(C(=O)Nc3ccc(C(F)(F)F)cc3)c(C)c12. The van der Waals surface area contributed by atoms with Crippen molar-refractivity contribution in [1.29, 1.82) is 0 Å². The number of nitrogens with one attached hydrogen (secondary N) is 1. The van der Waals surface area contributed by atoms with Crippen molar-refractivity contribution in [2.24, 2.45) is 0 Å². The number of nitrogens with zero attached hydrogens (tertiary/aromatic N) is 2. The van der Waals surface area contributed by atoms with Crippen molar-refractivity contribution in [2.75, 3.05) is 11.9 Å². The van der Waals surface area contributed by atoms with E-state index >= 15 is 0 Å². The Balaban J connectivity index is 1.88. The van der Waals surface area contributed by atoms with E-state index in [0.717, 1.165) is 12.1 Å². The summed E-state index contributed by atoms with van der Waals surface area (Å²) in [6.45, 7) is 4.01. The second-order valence-corrected chi connectivity index (χ2v) is 6.38. The van der Waals surface area contributed by atoms with Crippen molar-refractivity contribution < 1.29 is 22.7 Å².